The zero-order valence-electron chi connectivity index (χ0n) is 11.5. The second-order valence-corrected chi connectivity index (χ2v) is 4.47. The highest BCUT2D eigenvalue weighted by atomic mass is 16.5. The van der Waals surface area contributed by atoms with Gasteiger partial charge in [0.2, 0.25) is 0 Å². The van der Waals surface area contributed by atoms with Crippen LogP contribution in [-0.2, 0) is 13.2 Å². The second-order valence-electron chi connectivity index (χ2n) is 4.47. The van der Waals surface area contributed by atoms with E-state index >= 15 is 0 Å². The van der Waals surface area contributed by atoms with Crippen LogP contribution in [-0.4, -0.2) is 26.1 Å². The summed E-state index contributed by atoms with van der Waals surface area (Å²) in [5.41, 5.74) is 6.66. The largest absolute Gasteiger partial charge is 0.485 e. The van der Waals surface area contributed by atoms with Crippen LogP contribution in [0.15, 0.2) is 18.2 Å². The summed E-state index contributed by atoms with van der Waals surface area (Å²) in [5.74, 6) is 0.542. The number of amides is 1. The topological polar surface area (TPSA) is 95.9 Å². The summed E-state index contributed by atoms with van der Waals surface area (Å²) >= 11 is 0. The smallest absolute Gasteiger partial charge is 0.252 e. The van der Waals surface area contributed by atoms with Gasteiger partial charge in [-0.2, -0.15) is 0 Å². The molecule has 2 N–H and O–H groups in total. The number of aromatic nitrogens is 4. The molecule has 0 saturated heterocycles. The third-order valence-corrected chi connectivity index (χ3v) is 2.80. The van der Waals surface area contributed by atoms with Crippen LogP contribution in [0.4, 0.5) is 0 Å². The molecule has 0 unspecified atom stereocenters. The van der Waals surface area contributed by atoms with Gasteiger partial charge in [0.25, 0.3) is 5.91 Å². The van der Waals surface area contributed by atoms with Crippen molar-refractivity contribution in [1.29, 1.82) is 0 Å². The lowest BCUT2D eigenvalue weighted by atomic mass is 10.1. The Morgan fingerprint density at radius 2 is 2.25 bits per heavy atom. The number of carbonyl (C=O) groups excluding carboxylic acids is 1. The van der Waals surface area contributed by atoms with E-state index in [0.717, 1.165) is 18.5 Å². The fraction of sp³-hybridized carbons (Fsp3) is 0.385. The molecule has 0 atom stereocenters. The average Bonchev–Trinajstić information content (AvgIpc) is 2.84. The van der Waals surface area contributed by atoms with Crippen molar-refractivity contribution in [2.45, 2.75) is 33.4 Å². The van der Waals surface area contributed by atoms with Crippen LogP contribution in [0.1, 0.15) is 35.1 Å². The lowest BCUT2D eigenvalue weighted by Gasteiger charge is -2.10. The van der Waals surface area contributed by atoms with Crippen LogP contribution in [0, 0.1) is 6.92 Å². The molecule has 0 aliphatic carbocycles. The van der Waals surface area contributed by atoms with Gasteiger partial charge in [0.05, 0.1) is 5.56 Å². The van der Waals surface area contributed by atoms with Crippen molar-refractivity contribution in [3.05, 3.63) is 35.2 Å². The van der Waals surface area contributed by atoms with Gasteiger partial charge in [0, 0.05) is 6.54 Å². The quantitative estimate of drug-likeness (QED) is 0.850. The van der Waals surface area contributed by atoms with Crippen molar-refractivity contribution in [1.82, 2.24) is 20.2 Å². The lowest BCUT2D eigenvalue weighted by Crippen LogP contribution is -2.14. The standard InChI is InChI=1S/C13H17N5O2/c1-3-6-18-12(15-16-17-18)8-20-11-7-9(2)4-5-10(11)13(14)19/h4-5,7H,3,6,8H2,1-2H3,(H2,14,19). The summed E-state index contributed by atoms with van der Waals surface area (Å²) in [6.07, 6.45) is 0.926. The second kappa shape index (κ2) is 6.14. The summed E-state index contributed by atoms with van der Waals surface area (Å²) in [6.45, 7) is 4.87. The number of hydrogen-bond donors (Lipinski definition) is 1. The Morgan fingerprint density at radius 1 is 1.45 bits per heavy atom. The molecule has 1 amide bonds. The molecule has 1 aromatic heterocycles. The maximum Gasteiger partial charge on any atom is 0.252 e. The van der Waals surface area contributed by atoms with Gasteiger partial charge in [-0.25, -0.2) is 4.68 Å². The highest BCUT2D eigenvalue weighted by Crippen LogP contribution is 2.20. The number of tetrazole rings is 1. The first-order valence-corrected chi connectivity index (χ1v) is 6.40. The summed E-state index contributed by atoms with van der Waals surface area (Å²) in [4.78, 5) is 11.4. The number of ether oxygens (including phenoxy) is 1. The predicted octanol–water partition coefficient (Wildman–Crippen LogP) is 1.07. The molecule has 2 rings (SSSR count). The number of hydrogen-bond acceptors (Lipinski definition) is 5. The first kappa shape index (κ1) is 14.0. The van der Waals surface area contributed by atoms with E-state index in [1.54, 1.807) is 16.8 Å². The maximum absolute atomic E-state index is 11.4. The van der Waals surface area contributed by atoms with Crippen molar-refractivity contribution in [2.24, 2.45) is 5.73 Å². The molecule has 2 aromatic rings. The fourth-order valence-corrected chi connectivity index (χ4v) is 1.81. The van der Waals surface area contributed by atoms with Gasteiger partial charge < -0.3 is 10.5 Å². The van der Waals surface area contributed by atoms with Crippen LogP contribution in [0.2, 0.25) is 0 Å². The first-order valence-electron chi connectivity index (χ1n) is 6.40. The van der Waals surface area contributed by atoms with Gasteiger partial charge in [-0.15, -0.1) is 5.10 Å². The number of aryl methyl sites for hydroxylation is 2. The highest BCUT2D eigenvalue weighted by Gasteiger charge is 2.12. The minimum atomic E-state index is -0.520. The number of carbonyl (C=O) groups is 1. The first-order chi connectivity index (χ1) is 9.61. The van der Waals surface area contributed by atoms with Crippen molar-refractivity contribution >= 4 is 5.91 Å². The Hall–Kier alpha value is -2.44. The molecule has 20 heavy (non-hydrogen) atoms. The molecule has 1 aromatic carbocycles. The van der Waals surface area contributed by atoms with Gasteiger partial charge in [-0.1, -0.05) is 13.0 Å². The molecule has 106 valence electrons. The highest BCUT2D eigenvalue weighted by molar-refractivity contribution is 5.95. The van der Waals surface area contributed by atoms with Crippen molar-refractivity contribution < 1.29 is 9.53 Å². The van der Waals surface area contributed by atoms with E-state index in [0.29, 0.717) is 17.1 Å². The van der Waals surface area contributed by atoms with Crippen LogP contribution >= 0.6 is 0 Å². The maximum atomic E-state index is 11.4. The SMILES string of the molecule is CCCn1nnnc1COc1cc(C)ccc1C(N)=O. The summed E-state index contributed by atoms with van der Waals surface area (Å²) in [5, 5.41) is 11.4. The Bertz CT molecular complexity index is 609. The predicted molar refractivity (Wildman–Crippen MR) is 72.1 cm³/mol. The number of nitrogens with zero attached hydrogens (tertiary/aromatic N) is 4. The number of primary amides is 1. The number of nitrogens with two attached hydrogens (primary N) is 1. The molecule has 0 bridgehead atoms. The zero-order valence-corrected chi connectivity index (χ0v) is 11.5. The van der Waals surface area contributed by atoms with Crippen LogP contribution in [0.3, 0.4) is 0 Å². The zero-order chi connectivity index (χ0) is 14.5. The molecular weight excluding hydrogens is 258 g/mol. The van der Waals surface area contributed by atoms with Gasteiger partial charge in [-0.05, 0) is 41.5 Å². The monoisotopic (exact) mass is 275 g/mol. The van der Waals surface area contributed by atoms with Crippen molar-refractivity contribution in [3.63, 3.8) is 0 Å². The van der Waals surface area contributed by atoms with Crippen molar-refractivity contribution in [3.8, 4) is 5.75 Å². The van der Waals surface area contributed by atoms with E-state index in [2.05, 4.69) is 15.5 Å². The lowest BCUT2D eigenvalue weighted by molar-refractivity contribution is 0.0995. The molecular formula is C13H17N5O2. The van der Waals surface area contributed by atoms with Crippen LogP contribution in [0.25, 0.3) is 0 Å². The van der Waals surface area contributed by atoms with E-state index in [9.17, 15) is 4.79 Å². The Labute approximate surface area is 116 Å². The number of rotatable bonds is 6. The van der Waals surface area contributed by atoms with E-state index in [4.69, 9.17) is 10.5 Å². The summed E-state index contributed by atoms with van der Waals surface area (Å²) < 4.78 is 7.33. The summed E-state index contributed by atoms with van der Waals surface area (Å²) in [6, 6.07) is 5.24. The van der Waals surface area contributed by atoms with E-state index in [1.165, 1.54) is 0 Å². The van der Waals surface area contributed by atoms with Crippen LogP contribution in [0.5, 0.6) is 5.75 Å². The molecule has 1 heterocycles. The minimum Gasteiger partial charge on any atom is -0.485 e. The Balaban J connectivity index is 2.16. The van der Waals surface area contributed by atoms with Gasteiger partial charge in [-0.3, -0.25) is 4.79 Å². The van der Waals surface area contributed by atoms with Gasteiger partial charge in [0.1, 0.15) is 12.4 Å². The number of benzene rings is 1. The molecule has 0 spiro atoms. The molecule has 7 nitrogen and oxygen atoms in total. The molecule has 7 heteroatoms. The average molecular weight is 275 g/mol. The van der Waals surface area contributed by atoms with E-state index in [-0.39, 0.29) is 6.61 Å². The fourth-order valence-electron chi connectivity index (χ4n) is 1.81. The molecule has 0 saturated carbocycles. The third-order valence-electron chi connectivity index (χ3n) is 2.80. The molecule has 0 aliphatic heterocycles. The minimum absolute atomic E-state index is 0.191. The molecule has 0 fully saturated rings. The Morgan fingerprint density at radius 3 is 2.95 bits per heavy atom. The van der Waals surface area contributed by atoms with Gasteiger partial charge >= 0.3 is 0 Å². The van der Waals surface area contributed by atoms with Crippen molar-refractivity contribution in [2.75, 3.05) is 0 Å². The van der Waals surface area contributed by atoms with E-state index < -0.39 is 5.91 Å². The molecule has 0 radical (unpaired) electrons. The summed E-state index contributed by atoms with van der Waals surface area (Å²) in [7, 11) is 0. The molecule has 0 aliphatic rings. The third kappa shape index (κ3) is 3.11. The van der Waals surface area contributed by atoms with E-state index in [1.807, 2.05) is 19.9 Å². The normalized spacial score (nSPS) is 10.5. The Kier molecular flexibility index (Phi) is 4.29. The van der Waals surface area contributed by atoms with Gasteiger partial charge in [0.15, 0.2) is 5.82 Å². The van der Waals surface area contributed by atoms with Crippen LogP contribution < -0.4 is 10.5 Å².